The van der Waals surface area contributed by atoms with Gasteiger partial charge in [-0.05, 0) is 66.6 Å². The maximum Gasteiger partial charge on any atom is 0.232 e. The summed E-state index contributed by atoms with van der Waals surface area (Å²) in [6, 6.07) is 13.2. The monoisotopic (exact) mass is 546 g/mol. The Morgan fingerprint density at radius 2 is 1.55 bits per heavy atom. The summed E-state index contributed by atoms with van der Waals surface area (Å²) >= 11 is 0. The number of aryl methyl sites for hydroxylation is 1. The molecule has 0 atom stereocenters. The molecule has 5 rings (SSSR count). The smallest absolute Gasteiger partial charge is 0.232 e. The Morgan fingerprint density at radius 1 is 0.900 bits per heavy atom. The van der Waals surface area contributed by atoms with Crippen LogP contribution in [-0.4, -0.2) is 70.4 Å². The summed E-state index contributed by atoms with van der Waals surface area (Å²) in [5.74, 6) is 2.72. The summed E-state index contributed by atoms with van der Waals surface area (Å²) in [4.78, 5) is 18.1. The minimum Gasteiger partial charge on any atom is -0.507 e. The van der Waals surface area contributed by atoms with Crippen LogP contribution >= 0.6 is 0 Å². The van der Waals surface area contributed by atoms with Crippen LogP contribution in [0.1, 0.15) is 27.0 Å². The fourth-order valence-corrected chi connectivity index (χ4v) is 5.25. The van der Waals surface area contributed by atoms with Crippen LogP contribution in [0.5, 0.6) is 34.5 Å². The van der Waals surface area contributed by atoms with Crippen LogP contribution in [0, 0.1) is 6.92 Å². The first-order valence-corrected chi connectivity index (χ1v) is 13.1. The van der Waals surface area contributed by atoms with Crippen molar-refractivity contribution >= 4 is 17.5 Å². The van der Waals surface area contributed by atoms with Crippen LogP contribution in [0.3, 0.4) is 0 Å². The number of benzene rings is 3. The van der Waals surface area contributed by atoms with E-state index in [2.05, 4.69) is 21.9 Å². The number of phenolic OH excluding ortho intramolecular Hbond substituents is 1. The summed E-state index contributed by atoms with van der Waals surface area (Å²) in [5, 5.41) is 10.9. The van der Waals surface area contributed by atoms with E-state index in [1.807, 2.05) is 12.1 Å². The average Bonchev–Trinajstić information content (AvgIpc) is 3.30. The van der Waals surface area contributed by atoms with Crippen molar-refractivity contribution in [3.05, 3.63) is 70.5 Å². The first kappa shape index (κ1) is 27.2. The number of ether oxygens (including phenoxy) is 5. The molecular formula is C31H34N2O7. The molecule has 40 heavy (non-hydrogen) atoms. The Balaban J connectivity index is 1.37. The summed E-state index contributed by atoms with van der Waals surface area (Å²) in [5.41, 5.74) is 3.56. The van der Waals surface area contributed by atoms with E-state index in [1.165, 1.54) is 21.3 Å². The standard InChI is InChI=1S/C31H34N2O7/c1-19-14-24(34)23(18-32-10-12-33(13-11-32)21-6-8-22(36-2)9-7-21)30-28(19)29(35)25(40-30)15-20-16-26(37-3)31(39-5)27(17-20)38-4/h6-9,14-17,34H,10-13,18H2,1-5H3/b25-15-. The molecule has 2 aliphatic rings. The lowest BCUT2D eigenvalue weighted by molar-refractivity contribution is 0.101. The molecule has 0 aromatic heterocycles. The van der Waals surface area contributed by atoms with Crippen molar-refractivity contribution in [2.45, 2.75) is 13.5 Å². The predicted molar refractivity (Wildman–Crippen MR) is 152 cm³/mol. The molecule has 1 saturated heterocycles. The van der Waals surface area contributed by atoms with Gasteiger partial charge in [0.25, 0.3) is 0 Å². The van der Waals surface area contributed by atoms with Crippen molar-refractivity contribution in [2.24, 2.45) is 0 Å². The lowest BCUT2D eigenvalue weighted by atomic mass is 9.99. The Hall–Kier alpha value is -4.37. The lowest BCUT2D eigenvalue weighted by Gasteiger charge is -2.36. The van der Waals surface area contributed by atoms with Gasteiger partial charge in [0.1, 0.15) is 17.2 Å². The van der Waals surface area contributed by atoms with Gasteiger partial charge in [-0.25, -0.2) is 0 Å². The number of methoxy groups -OCH3 is 4. The van der Waals surface area contributed by atoms with Crippen LogP contribution in [0.2, 0.25) is 0 Å². The Bertz CT molecular complexity index is 1420. The third kappa shape index (κ3) is 5.12. The van der Waals surface area contributed by atoms with Crippen LogP contribution in [-0.2, 0) is 6.54 Å². The number of anilines is 1. The molecule has 0 aliphatic carbocycles. The molecule has 9 nitrogen and oxygen atoms in total. The van der Waals surface area contributed by atoms with Gasteiger partial charge in [0.05, 0.1) is 39.6 Å². The molecule has 210 valence electrons. The highest BCUT2D eigenvalue weighted by Crippen LogP contribution is 2.44. The Kier molecular flexibility index (Phi) is 7.75. The topological polar surface area (TPSA) is 89.9 Å². The van der Waals surface area contributed by atoms with E-state index in [0.717, 1.165) is 37.6 Å². The molecule has 0 saturated carbocycles. The number of aromatic hydroxyl groups is 1. The zero-order valence-electron chi connectivity index (χ0n) is 23.4. The molecule has 1 N–H and O–H groups in total. The van der Waals surface area contributed by atoms with Crippen molar-refractivity contribution < 1.29 is 33.6 Å². The minimum atomic E-state index is -0.230. The van der Waals surface area contributed by atoms with Gasteiger partial charge in [0, 0.05) is 38.4 Å². The number of allylic oxidation sites excluding steroid dienone is 1. The van der Waals surface area contributed by atoms with Gasteiger partial charge in [-0.1, -0.05) is 0 Å². The number of nitrogens with zero attached hydrogens (tertiary/aromatic N) is 2. The zero-order valence-corrected chi connectivity index (χ0v) is 23.4. The van der Waals surface area contributed by atoms with Crippen molar-refractivity contribution in [1.82, 2.24) is 4.90 Å². The number of carbonyl (C=O) groups is 1. The van der Waals surface area contributed by atoms with Gasteiger partial charge < -0.3 is 33.7 Å². The SMILES string of the molecule is COc1ccc(N2CCN(Cc3c(O)cc(C)c4c3O/C(=C\c3cc(OC)c(OC)c(OC)c3)C4=O)CC2)cc1. The number of carbonyl (C=O) groups excluding carboxylic acids is 1. The largest absolute Gasteiger partial charge is 0.507 e. The zero-order chi connectivity index (χ0) is 28.4. The number of ketones is 1. The van der Waals surface area contributed by atoms with Gasteiger partial charge >= 0.3 is 0 Å². The highest BCUT2D eigenvalue weighted by atomic mass is 16.5. The maximum atomic E-state index is 13.5. The molecule has 3 aromatic rings. The highest BCUT2D eigenvalue weighted by Gasteiger charge is 2.34. The second-order valence-electron chi connectivity index (χ2n) is 9.75. The fourth-order valence-electron chi connectivity index (χ4n) is 5.25. The Labute approximate surface area is 234 Å². The number of Topliss-reactive ketones (excluding diaryl/α,β-unsaturated/α-hetero) is 1. The van der Waals surface area contributed by atoms with Gasteiger partial charge in [0.2, 0.25) is 11.5 Å². The Morgan fingerprint density at radius 3 is 2.12 bits per heavy atom. The van der Waals surface area contributed by atoms with Gasteiger partial charge in [-0.3, -0.25) is 9.69 Å². The summed E-state index contributed by atoms with van der Waals surface area (Å²) in [6.45, 7) is 5.56. The molecule has 0 bridgehead atoms. The second-order valence-corrected chi connectivity index (χ2v) is 9.75. The van der Waals surface area contributed by atoms with Crippen LogP contribution in [0.15, 0.2) is 48.2 Å². The maximum absolute atomic E-state index is 13.5. The molecule has 9 heteroatoms. The van der Waals surface area contributed by atoms with Crippen LogP contribution in [0.25, 0.3) is 6.08 Å². The number of fused-ring (bicyclic) bond motifs is 1. The molecule has 1 fully saturated rings. The normalized spacial score (nSPS) is 16.1. The van der Waals surface area contributed by atoms with Gasteiger partial charge in [0.15, 0.2) is 17.3 Å². The molecule has 2 aliphatic heterocycles. The number of hydrogen-bond acceptors (Lipinski definition) is 9. The number of hydrogen-bond donors (Lipinski definition) is 1. The van der Waals surface area contributed by atoms with Crippen LogP contribution < -0.4 is 28.6 Å². The number of piperazine rings is 1. The van der Waals surface area contributed by atoms with E-state index in [9.17, 15) is 9.90 Å². The van der Waals surface area contributed by atoms with Gasteiger partial charge in [-0.2, -0.15) is 0 Å². The summed E-state index contributed by atoms with van der Waals surface area (Å²) in [6.07, 6.45) is 1.65. The fraction of sp³-hybridized carbons (Fsp3) is 0.323. The molecular weight excluding hydrogens is 512 g/mol. The third-order valence-electron chi connectivity index (χ3n) is 7.40. The van der Waals surface area contributed by atoms with E-state index in [1.54, 1.807) is 38.3 Å². The summed E-state index contributed by atoms with van der Waals surface area (Å²) in [7, 11) is 6.27. The quantitative estimate of drug-likeness (QED) is 0.405. The van der Waals surface area contributed by atoms with Crippen molar-refractivity contribution in [3.8, 4) is 34.5 Å². The highest BCUT2D eigenvalue weighted by molar-refractivity contribution is 6.16. The second kappa shape index (κ2) is 11.4. The first-order valence-electron chi connectivity index (χ1n) is 13.1. The van der Waals surface area contributed by atoms with E-state index in [-0.39, 0.29) is 17.3 Å². The van der Waals surface area contributed by atoms with Crippen LogP contribution in [0.4, 0.5) is 5.69 Å². The number of phenols is 1. The molecule has 0 spiro atoms. The first-order chi connectivity index (χ1) is 19.4. The molecule has 2 heterocycles. The van der Waals surface area contributed by atoms with Crippen molar-refractivity contribution in [2.75, 3.05) is 59.5 Å². The van der Waals surface area contributed by atoms with Crippen molar-refractivity contribution in [3.63, 3.8) is 0 Å². The predicted octanol–water partition coefficient (Wildman–Crippen LogP) is 4.67. The van der Waals surface area contributed by atoms with E-state index < -0.39 is 0 Å². The lowest BCUT2D eigenvalue weighted by Crippen LogP contribution is -2.46. The van der Waals surface area contributed by atoms with Gasteiger partial charge in [-0.15, -0.1) is 0 Å². The average molecular weight is 547 g/mol. The number of rotatable bonds is 8. The van der Waals surface area contributed by atoms with E-state index in [0.29, 0.717) is 51.8 Å². The van der Waals surface area contributed by atoms with E-state index >= 15 is 0 Å². The summed E-state index contributed by atoms with van der Waals surface area (Å²) < 4.78 is 27.7. The van der Waals surface area contributed by atoms with E-state index in [4.69, 9.17) is 23.7 Å². The minimum absolute atomic E-state index is 0.121. The van der Waals surface area contributed by atoms with Crippen molar-refractivity contribution in [1.29, 1.82) is 0 Å². The molecule has 0 radical (unpaired) electrons. The molecule has 3 aromatic carbocycles. The third-order valence-corrected chi connectivity index (χ3v) is 7.40. The molecule has 0 amide bonds. The molecule has 0 unspecified atom stereocenters.